The van der Waals surface area contributed by atoms with Gasteiger partial charge in [-0.2, -0.15) is 0 Å². The topological polar surface area (TPSA) is 12.9 Å². The minimum absolute atomic E-state index is 0.259. The summed E-state index contributed by atoms with van der Waals surface area (Å²) in [6, 6.07) is 19.0. The second kappa shape index (κ2) is 3.81. The molecular weight excluding hydrogens is 298 g/mol. The summed E-state index contributed by atoms with van der Waals surface area (Å²) in [5.74, 6) is 0. The van der Waals surface area contributed by atoms with Gasteiger partial charge >= 0.3 is 98.2 Å². The number of para-hydroxylation sites is 1. The van der Waals surface area contributed by atoms with Gasteiger partial charge in [-0.05, 0) is 0 Å². The number of fused-ring (bicyclic) bond motifs is 1. The van der Waals surface area contributed by atoms with Gasteiger partial charge in [-0.1, -0.05) is 0 Å². The molecule has 3 aromatic rings. The second-order valence-corrected chi connectivity index (χ2v) is 6.29. The maximum atomic E-state index is 4.70. The van der Waals surface area contributed by atoms with Gasteiger partial charge in [0.2, 0.25) is 0 Å². The van der Waals surface area contributed by atoms with Crippen LogP contribution in [0.3, 0.4) is 0 Å². The molecule has 0 aliphatic rings. The number of benzene rings is 2. The Labute approximate surface area is 98.0 Å². The Morgan fingerprint density at radius 2 is 1.53 bits per heavy atom. The first-order chi connectivity index (χ1) is 7.43. The van der Waals surface area contributed by atoms with E-state index in [-0.39, 0.29) is 20.4 Å². The van der Waals surface area contributed by atoms with Crippen molar-refractivity contribution in [1.29, 1.82) is 0 Å². The second-order valence-electron chi connectivity index (χ2n) is 3.35. The average molecular weight is 307 g/mol. The number of nitrogens with zero attached hydrogens (tertiary/aromatic N) is 1. The van der Waals surface area contributed by atoms with E-state index in [0.717, 1.165) is 0 Å². The van der Waals surface area contributed by atoms with Crippen LogP contribution in [0.15, 0.2) is 54.6 Å². The summed E-state index contributed by atoms with van der Waals surface area (Å²) in [5.41, 5.74) is 2.47. The van der Waals surface area contributed by atoms with Gasteiger partial charge in [0, 0.05) is 0 Å². The molecule has 0 atom stereocenters. The molecule has 72 valence electrons. The van der Waals surface area contributed by atoms with E-state index in [1.54, 1.807) is 0 Å². The van der Waals surface area contributed by atoms with Crippen LogP contribution in [0.1, 0.15) is 0 Å². The molecule has 0 amide bonds. The summed E-state index contributed by atoms with van der Waals surface area (Å²) in [7, 11) is 0. The minimum atomic E-state index is -0.259. The summed E-state index contributed by atoms with van der Waals surface area (Å²) < 4.78 is 2.77. The molecule has 0 aliphatic heterocycles. The van der Waals surface area contributed by atoms with Crippen molar-refractivity contribution in [3.8, 4) is 9.27 Å². The van der Waals surface area contributed by atoms with Crippen LogP contribution in [-0.2, 0) is 0 Å². The molecule has 2 aromatic carbocycles. The molecule has 0 N–H and O–H groups in total. The Morgan fingerprint density at radius 3 is 2.33 bits per heavy atom. The molecule has 0 unspecified atom stereocenters. The Kier molecular flexibility index (Phi) is 2.32. The van der Waals surface area contributed by atoms with E-state index < -0.39 is 0 Å². The molecule has 0 radical (unpaired) electrons. The van der Waals surface area contributed by atoms with Gasteiger partial charge in [-0.15, -0.1) is 0 Å². The molecule has 0 bridgehead atoms. The van der Waals surface area contributed by atoms with E-state index >= 15 is 0 Å². The molecule has 0 fully saturated rings. The van der Waals surface area contributed by atoms with E-state index in [9.17, 15) is 0 Å². The zero-order chi connectivity index (χ0) is 10.1. The third kappa shape index (κ3) is 1.71. The Bertz CT molecular complexity index is 551. The average Bonchev–Trinajstić information content (AvgIpc) is 2.74. The van der Waals surface area contributed by atoms with Crippen molar-refractivity contribution < 1.29 is 0 Å². The molecule has 3 rings (SSSR count). The predicted molar refractivity (Wildman–Crippen MR) is 64.1 cm³/mol. The van der Waals surface area contributed by atoms with Gasteiger partial charge in [0.1, 0.15) is 0 Å². The third-order valence-corrected chi connectivity index (χ3v) is 5.41. The van der Waals surface area contributed by atoms with Gasteiger partial charge < -0.3 is 0 Å². The zero-order valence-corrected chi connectivity index (χ0v) is 10.4. The molecule has 1 nitrogen and oxygen atoms in total. The van der Waals surface area contributed by atoms with Crippen molar-refractivity contribution >= 4 is 29.3 Å². The SMILES string of the molecule is c1ccc(-c2nc3ccccc3[te]2)cc1. The first kappa shape index (κ1) is 9.15. The van der Waals surface area contributed by atoms with Crippen LogP contribution in [0, 0.1) is 0 Å². The van der Waals surface area contributed by atoms with E-state index in [1.807, 2.05) is 6.07 Å². The monoisotopic (exact) mass is 309 g/mol. The summed E-state index contributed by atoms with van der Waals surface area (Å²) >= 11 is -0.259. The molecule has 2 heteroatoms. The van der Waals surface area contributed by atoms with Crippen LogP contribution >= 0.6 is 0 Å². The van der Waals surface area contributed by atoms with Gasteiger partial charge in [0.25, 0.3) is 0 Å². The Morgan fingerprint density at radius 1 is 0.800 bits per heavy atom. The predicted octanol–water partition coefficient (Wildman–Crippen LogP) is 2.96. The van der Waals surface area contributed by atoms with Crippen LogP contribution in [-0.4, -0.2) is 25.4 Å². The van der Waals surface area contributed by atoms with Crippen LogP contribution in [0.4, 0.5) is 0 Å². The van der Waals surface area contributed by atoms with E-state index in [4.69, 9.17) is 4.98 Å². The van der Waals surface area contributed by atoms with Crippen molar-refractivity contribution in [1.82, 2.24) is 4.98 Å². The fraction of sp³-hybridized carbons (Fsp3) is 0. The van der Waals surface area contributed by atoms with Crippen LogP contribution in [0.5, 0.6) is 0 Å². The number of aromatic nitrogens is 1. The van der Waals surface area contributed by atoms with Crippen LogP contribution < -0.4 is 0 Å². The zero-order valence-electron chi connectivity index (χ0n) is 8.05. The van der Waals surface area contributed by atoms with Crippen molar-refractivity contribution in [2.75, 3.05) is 0 Å². The van der Waals surface area contributed by atoms with Gasteiger partial charge in [0.05, 0.1) is 0 Å². The third-order valence-electron chi connectivity index (χ3n) is 2.31. The Balaban J connectivity index is 2.21. The molecule has 0 spiro atoms. The number of hydrogen-bond donors (Lipinski definition) is 0. The summed E-state index contributed by atoms with van der Waals surface area (Å²) in [4.78, 5) is 4.70. The van der Waals surface area contributed by atoms with E-state index in [1.165, 1.54) is 18.2 Å². The summed E-state index contributed by atoms with van der Waals surface area (Å²) in [5, 5.41) is 0. The first-order valence-electron chi connectivity index (χ1n) is 4.84. The molecule has 15 heavy (non-hydrogen) atoms. The van der Waals surface area contributed by atoms with Crippen molar-refractivity contribution in [2.45, 2.75) is 0 Å². The molecule has 1 heterocycles. The standard InChI is InChI=1S/C13H9NTe/c1-2-6-10(7-3-1)13-14-11-8-4-5-9-12(11)15-13/h1-9H. The van der Waals surface area contributed by atoms with Crippen LogP contribution in [0.25, 0.3) is 18.2 Å². The van der Waals surface area contributed by atoms with Crippen molar-refractivity contribution in [3.63, 3.8) is 0 Å². The number of rotatable bonds is 1. The maximum absolute atomic E-state index is 4.70. The van der Waals surface area contributed by atoms with Gasteiger partial charge in [-0.25, -0.2) is 0 Å². The summed E-state index contributed by atoms with van der Waals surface area (Å²) in [6.07, 6.45) is 0. The molecule has 0 saturated heterocycles. The molecule has 0 saturated carbocycles. The number of hydrogen-bond acceptors (Lipinski definition) is 1. The normalized spacial score (nSPS) is 10.7. The Hall–Kier alpha value is -1.10. The molecule has 0 aliphatic carbocycles. The van der Waals surface area contributed by atoms with Crippen molar-refractivity contribution in [2.24, 2.45) is 0 Å². The van der Waals surface area contributed by atoms with Crippen molar-refractivity contribution in [3.05, 3.63) is 54.6 Å². The van der Waals surface area contributed by atoms with Gasteiger partial charge in [-0.3, -0.25) is 0 Å². The first-order valence-corrected chi connectivity index (χ1v) is 7.17. The molecular formula is C13H9NTe. The quantitative estimate of drug-likeness (QED) is 0.630. The van der Waals surface area contributed by atoms with Crippen LogP contribution in [0.2, 0.25) is 0 Å². The molecule has 1 aromatic heterocycles. The fourth-order valence-corrected chi connectivity index (χ4v) is 4.35. The van der Waals surface area contributed by atoms with E-state index in [2.05, 4.69) is 48.5 Å². The fourth-order valence-electron chi connectivity index (χ4n) is 1.58. The summed E-state index contributed by atoms with van der Waals surface area (Å²) in [6.45, 7) is 0. The van der Waals surface area contributed by atoms with E-state index in [0.29, 0.717) is 0 Å². The van der Waals surface area contributed by atoms with Gasteiger partial charge in [0.15, 0.2) is 0 Å².